The highest BCUT2D eigenvalue weighted by Gasteiger charge is 2.29. The van der Waals surface area contributed by atoms with Crippen molar-refractivity contribution < 1.29 is 22.7 Å². The maximum absolute atomic E-state index is 13.1. The number of carbonyl (C=O) groups is 2. The fourth-order valence-corrected chi connectivity index (χ4v) is 5.21. The van der Waals surface area contributed by atoms with Gasteiger partial charge < -0.3 is 10.1 Å². The molecule has 1 atom stereocenters. The molecule has 3 rings (SSSR count). The third-order valence-corrected chi connectivity index (χ3v) is 7.31. The van der Waals surface area contributed by atoms with Gasteiger partial charge in [0.15, 0.2) is 6.10 Å². The molecule has 1 heterocycles. The first kappa shape index (κ1) is 23.4. The van der Waals surface area contributed by atoms with Crippen LogP contribution >= 0.6 is 0 Å². The summed E-state index contributed by atoms with van der Waals surface area (Å²) in [6.07, 6.45) is 1.49. The first-order chi connectivity index (χ1) is 15.2. The van der Waals surface area contributed by atoms with Crippen molar-refractivity contribution in [1.29, 1.82) is 5.26 Å². The van der Waals surface area contributed by atoms with E-state index in [1.807, 2.05) is 6.07 Å². The molecule has 1 N–H and O–H groups in total. The molecule has 0 aliphatic carbocycles. The van der Waals surface area contributed by atoms with Crippen LogP contribution < -0.4 is 5.32 Å². The van der Waals surface area contributed by atoms with E-state index in [0.29, 0.717) is 29.9 Å². The van der Waals surface area contributed by atoms with E-state index in [9.17, 15) is 18.0 Å². The van der Waals surface area contributed by atoms with Gasteiger partial charge in [0.1, 0.15) is 0 Å². The van der Waals surface area contributed by atoms with Gasteiger partial charge in [-0.05, 0) is 62.6 Å². The van der Waals surface area contributed by atoms with Crippen LogP contribution in [0.25, 0.3) is 0 Å². The van der Waals surface area contributed by atoms with Crippen LogP contribution in [0.4, 0.5) is 5.69 Å². The molecule has 2 aromatic carbocycles. The highest BCUT2D eigenvalue weighted by atomic mass is 32.2. The Balaban J connectivity index is 1.72. The Morgan fingerprint density at radius 2 is 1.84 bits per heavy atom. The summed E-state index contributed by atoms with van der Waals surface area (Å²) >= 11 is 0. The van der Waals surface area contributed by atoms with Crippen LogP contribution in [0.2, 0.25) is 0 Å². The van der Waals surface area contributed by atoms with E-state index >= 15 is 0 Å². The number of carbonyl (C=O) groups excluding carboxylic acids is 2. The summed E-state index contributed by atoms with van der Waals surface area (Å²) in [6, 6.07) is 12.7. The molecule has 1 saturated heterocycles. The molecule has 0 aromatic heterocycles. The van der Waals surface area contributed by atoms with E-state index in [1.54, 1.807) is 31.2 Å². The molecule has 2 aromatic rings. The quantitative estimate of drug-likeness (QED) is 0.669. The molecule has 168 valence electrons. The van der Waals surface area contributed by atoms with E-state index in [0.717, 1.165) is 19.3 Å². The van der Waals surface area contributed by atoms with Gasteiger partial charge in [0.25, 0.3) is 5.91 Å². The van der Waals surface area contributed by atoms with Gasteiger partial charge in [0.05, 0.1) is 22.1 Å². The monoisotopic (exact) mass is 455 g/mol. The summed E-state index contributed by atoms with van der Waals surface area (Å²) in [4.78, 5) is 25.1. The minimum atomic E-state index is -3.72. The number of nitriles is 1. The first-order valence-electron chi connectivity index (χ1n) is 10.3. The first-order valence-corrected chi connectivity index (χ1v) is 11.8. The lowest BCUT2D eigenvalue weighted by Gasteiger charge is -2.26. The van der Waals surface area contributed by atoms with Gasteiger partial charge in [0.2, 0.25) is 10.0 Å². The average Bonchev–Trinajstić information content (AvgIpc) is 2.79. The molecule has 0 saturated carbocycles. The number of ether oxygens (including phenoxy) is 1. The number of rotatable bonds is 6. The Labute approximate surface area is 187 Å². The summed E-state index contributed by atoms with van der Waals surface area (Å²) in [5, 5.41) is 11.5. The lowest BCUT2D eigenvalue weighted by Crippen LogP contribution is -2.36. The summed E-state index contributed by atoms with van der Waals surface area (Å²) in [7, 11) is -3.72. The second-order valence-corrected chi connectivity index (χ2v) is 9.58. The van der Waals surface area contributed by atoms with Crippen LogP contribution in [-0.4, -0.2) is 43.8 Å². The molecule has 1 fully saturated rings. The molecule has 32 heavy (non-hydrogen) atoms. The van der Waals surface area contributed by atoms with Gasteiger partial charge in [0, 0.05) is 18.8 Å². The average molecular weight is 456 g/mol. The molecule has 8 nitrogen and oxygen atoms in total. The molecule has 1 aliphatic rings. The molecule has 0 radical (unpaired) electrons. The van der Waals surface area contributed by atoms with Gasteiger partial charge in [-0.25, -0.2) is 13.2 Å². The summed E-state index contributed by atoms with van der Waals surface area (Å²) in [5.41, 5.74) is 1.38. The van der Waals surface area contributed by atoms with Crippen molar-refractivity contribution >= 4 is 27.6 Å². The smallest absolute Gasteiger partial charge is 0.338 e. The van der Waals surface area contributed by atoms with Crippen LogP contribution in [-0.2, 0) is 19.6 Å². The minimum Gasteiger partial charge on any atom is -0.449 e. The number of benzene rings is 2. The molecule has 0 spiro atoms. The lowest BCUT2D eigenvalue weighted by atomic mass is 10.1. The Bertz CT molecular complexity index is 1160. The number of nitrogens with zero attached hydrogens (tertiary/aromatic N) is 2. The Hall–Kier alpha value is -3.22. The van der Waals surface area contributed by atoms with Gasteiger partial charge >= 0.3 is 5.97 Å². The zero-order valence-electron chi connectivity index (χ0n) is 18.0. The Morgan fingerprint density at radius 1 is 1.12 bits per heavy atom. The highest BCUT2D eigenvalue weighted by molar-refractivity contribution is 7.89. The van der Waals surface area contributed by atoms with Crippen LogP contribution in [0.5, 0.6) is 0 Å². The summed E-state index contributed by atoms with van der Waals surface area (Å²) < 4.78 is 32.8. The number of hydrogen-bond donors (Lipinski definition) is 1. The summed E-state index contributed by atoms with van der Waals surface area (Å²) in [6.45, 7) is 4.01. The number of anilines is 1. The number of sulfonamides is 1. The second-order valence-electron chi connectivity index (χ2n) is 7.67. The Kier molecular flexibility index (Phi) is 7.28. The summed E-state index contributed by atoms with van der Waals surface area (Å²) in [5.74, 6) is -1.37. The van der Waals surface area contributed by atoms with Crippen LogP contribution in [0.15, 0.2) is 47.4 Å². The van der Waals surface area contributed by atoms with Gasteiger partial charge in [-0.1, -0.05) is 18.6 Å². The van der Waals surface area contributed by atoms with E-state index in [-0.39, 0.29) is 10.5 Å². The number of hydrogen-bond acceptors (Lipinski definition) is 6. The number of esters is 1. The van der Waals surface area contributed by atoms with Crippen molar-refractivity contribution in [3.8, 4) is 6.07 Å². The van der Waals surface area contributed by atoms with Crippen molar-refractivity contribution in [2.75, 3.05) is 18.4 Å². The SMILES string of the molecule is Cc1ccc(C(=O)OC(C)C(=O)Nc2cccc(C#N)c2)cc1S(=O)(=O)N1CCCCC1. The molecule has 1 aliphatic heterocycles. The second kappa shape index (κ2) is 9.94. The third-order valence-electron chi connectivity index (χ3n) is 5.27. The molecule has 9 heteroatoms. The normalized spacial score (nSPS) is 15.4. The largest absolute Gasteiger partial charge is 0.449 e. The Morgan fingerprint density at radius 3 is 2.53 bits per heavy atom. The lowest BCUT2D eigenvalue weighted by molar-refractivity contribution is -0.123. The van der Waals surface area contributed by atoms with Crippen LogP contribution in [0, 0.1) is 18.3 Å². The third kappa shape index (κ3) is 5.33. The predicted molar refractivity (Wildman–Crippen MR) is 118 cm³/mol. The van der Waals surface area contributed by atoms with Crippen LogP contribution in [0.3, 0.4) is 0 Å². The molecule has 1 unspecified atom stereocenters. The molecule has 0 bridgehead atoms. The van der Waals surface area contributed by atoms with Crippen LogP contribution in [0.1, 0.15) is 47.7 Å². The van der Waals surface area contributed by atoms with Gasteiger partial charge in [-0.3, -0.25) is 4.79 Å². The van der Waals surface area contributed by atoms with Crippen molar-refractivity contribution in [1.82, 2.24) is 4.31 Å². The van der Waals surface area contributed by atoms with E-state index in [2.05, 4.69) is 5.32 Å². The van der Waals surface area contributed by atoms with E-state index in [1.165, 1.54) is 29.4 Å². The van der Waals surface area contributed by atoms with Crippen molar-refractivity contribution in [3.63, 3.8) is 0 Å². The minimum absolute atomic E-state index is 0.0531. The van der Waals surface area contributed by atoms with E-state index in [4.69, 9.17) is 10.00 Å². The maximum atomic E-state index is 13.1. The van der Waals surface area contributed by atoms with Gasteiger partial charge in [-0.2, -0.15) is 9.57 Å². The highest BCUT2D eigenvalue weighted by Crippen LogP contribution is 2.25. The number of aryl methyl sites for hydroxylation is 1. The van der Waals surface area contributed by atoms with Gasteiger partial charge in [-0.15, -0.1) is 0 Å². The van der Waals surface area contributed by atoms with Crippen molar-refractivity contribution in [2.45, 2.75) is 44.1 Å². The predicted octanol–water partition coefficient (Wildman–Crippen LogP) is 3.23. The zero-order valence-corrected chi connectivity index (χ0v) is 18.8. The fourth-order valence-electron chi connectivity index (χ4n) is 3.44. The van der Waals surface area contributed by atoms with Crippen molar-refractivity contribution in [2.24, 2.45) is 0 Å². The maximum Gasteiger partial charge on any atom is 0.338 e. The molecular formula is C23H25N3O5S. The zero-order chi connectivity index (χ0) is 23.3. The fraction of sp³-hybridized carbons (Fsp3) is 0.348. The number of nitrogens with one attached hydrogen (secondary N) is 1. The molecular weight excluding hydrogens is 430 g/mol. The van der Waals surface area contributed by atoms with Crippen molar-refractivity contribution in [3.05, 3.63) is 59.2 Å². The number of piperidine rings is 1. The number of amides is 1. The standard InChI is InChI=1S/C23H25N3O5S/c1-16-9-10-19(14-21(16)32(29,30)26-11-4-3-5-12-26)23(28)31-17(2)22(27)25-20-8-6-7-18(13-20)15-24/h6-10,13-14,17H,3-5,11-12H2,1-2H3,(H,25,27). The van der Waals surface area contributed by atoms with E-state index < -0.39 is 28.0 Å². The topological polar surface area (TPSA) is 117 Å². The molecule has 1 amide bonds.